The molecule has 0 saturated carbocycles. The number of anilines is 1. The van der Waals surface area contributed by atoms with Gasteiger partial charge in [-0.15, -0.1) is 0 Å². The van der Waals surface area contributed by atoms with E-state index < -0.39 is 10.8 Å². The first-order chi connectivity index (χ1) is 9.66. The lowest BCUT2D eigenvalue weighted by Gasteiger charge is -2.06. The van der Waals surface area contributed by atoms with Crippen LogP contribution in [0, 0.1) is 6.92 Å². The summed E-state index contributed by atoms with van der Waals surface area (Å²) in [5, 5.41) is 0. The number of aryl methyl sites for hydroxylation is 2. The topological polar surface area (TPSA) is 43.1 Å². The molecule has 3 heteroatoms. The fraction of sp³-hybridized carbons (Fsp3) is 0.294. The molecule has 0 aliphatic carbocycles. The molecular weight excluding hydrogens is 266 g/mol. The van der Waals surface area contributed by atoms with E-state index in [2.05, 4.69) is 24.3 Å². The Labute approximate surface area is 123 Å². The Morgan fingerprint density at radius 2 is 1.80 bits per heavy atom. The summed E-state index contributed by atoms with van der Waals surface area (Å²) in [5.41, 5.74) is 8.88. The average molecular weight is 287 g/mol. The van der Waals surface area contributed by atoms with Crippen LogP contribution in [-0.4, -0.2) is 9.96 Å². The molecule has 0 aromatic heterocycles. The van der Waals surface area contributed by atoms with Gasteiger partial charge in [-0.05, 0) is 55.5 Å². The summed E-state index contributed by atoms with van der Waals surface area (Å²) < 4.78 is 12.2. The maximum absolute atomic E-state index is 12.2. The standard InChI is InChI=1S/C17H21NOS/c1-14-13-16(10-11-17(14)18)20(19)12-6-5-9-15-7-3-2-4-8-15/h2-4,7-8,10-11,13H,5-6,9,12,18H2,1H3. The second-order valence-electron chi connectivity index (χ2n) is 5.01. The molecule has 0 bridgehead atoms. The van der Waals surface area contributed by atoms with Gasteiger partial charge in [0.15, 0.2) is 0 Å². The Balaban J connectivity index is 1.79. The number of unbranched alkanes of at least 4 members (excludes halogenated alkanes) is 1. The molecule has 0 fully saturated rings. The van der Waals surface area contributed by atoms with Gasteiger partial charge in [-0.1, -0.05) is 30.3 Å². The van der Waals surface area contributed by atoms with E-state index in [1.165, 1.54) is 5.56 Å². The smallest absolute Gasteiger partial charge is 0.0529 e. The molecule has 2 aromatic carbocycles. The van der Waals surface area contributed by atoms with Crippen LogP contribution in [-0.2, 0) is 17.2 Å². The van der Waals surface area contributed by atoms with Crippen molar-refractivity contribution in [1.29, 1.82) is 0 Å². The van der Waals surface area contributed by atoms with Crippen molar-refractivity contribution < 1.29 is 4.21 Å². The number of rotatable bonds is 6. The van der Waals surface area contributed by atoms with Crippen molar-refractivity contribution in [2.45, 2.75) is 31.1 Å². The van der Waals surface area contributed by atoms with E-state index in [9.17, 15) is 4.21 Å². The van der Waals surface area contributed by atoms with Crippen molar-refractivity contribution in [2.24, 2.45) is 0 Å². The molecule has 0 amide bonds. The van der Waals surface area contributed by atoms with Crippen molar-refractivity contribution in [3.63, 3.8) is 0 Å². The zero-order valence-electron chi connectivity index (χ0n) is 11.8. The van der Waals surface area contributed by atoms with Crippen molar-refractivity contribution in [1.82, 2.24) is 0 Å². The van der Waals surface area contributed by atoms with Crippen LogP contribution in [0.1, 0.15) is 24.0 Å². The predicted molar refractivity (Wildman–Crippen MR) is 86.2 cm³/mol. The Morgan fingerprint density at radius 3 is 2.50 bits per heavy atom. The first-order valence-corrected chi connectivity index (χ1v) is 8.27. The Kier molecular flexibility index (Phi) is 5.36. The number of hydrogen-bond acceptors (Lipinski definition) is 2. The maximum atomic E-state index is 12.2. The lowest BCUT2D eigenvalue weighted by atomic mass is 10.1. The minimum Gasteiger partial charge on any atom is -0.399 e. The fourth-order valence-electron chi connectivity index (χ4n) is 2.11. The molecule has 2 nitrogen and oxygen atoms in total. The van der Waals surface area contributed by atoms with Crippen LogP contribution in [0.3, 0.4) is 0 Å². The largest absolute Gasteiger partial charge is 0.399 e. The summed E-state index contributed by atoms with van der Waals surface area (Å²) >= 11 is 0. The molecule has 0 radical (unpaired) electrons. The lowest BCUT2D eigenvalue weighted by Crippen LogP contribution is -2.00. The number of hydrogen-bond donors (Lipinski definition) is 1. The molecule has 1 atom stereocenters. The van der Waals surface area contributed by atoms with Gasteiger partial charge in [-0.25, -0.2) is 0 Å². The molecule has 2 aromatic rings. The molecular formula is C17H21NOS. The van der Waals surface area contributed by atoms with Gasteiger partial charge in [-0.3, -0.25) is 4.21 Å². The van der Waals surface area contributed by atoms with Gasteiger partial charge in [0.1, 0.15) is 0 Å². The molecule has 0 heterocycles. The summed E-state index contributed by atoms with van der Waals surface area (Å²) in [7, 11) is -0.915. The third-order valence-electron chi connectivity index (χ3n) is 3.39. The zero-order chi connectivity index (χ0) is 14.4. The minimum absolute atomic E-state index is 0.718. The van der Waals surface area contributed by atoms with Crippen molar-refractivity contribution in [3.8, 4) is 0 Å². The van der Waals surface area contributed by atoms with E-state index in [1.807, 2.05) is 31.2 Å². The Hall–Kier alpha value is -1.61. The lowest BCUT2D eigenvalue weighted by molar-refractivity contribution is 0.677. The normalized spacial score (nSPS) is 12.2. The third kappa shape index (κ3) is 4.20. The fourth-order valence-corrected chi connectivity index (χ4v) is 3.34. The highest BCUT2D eigenvalue weighted by Gasteiger charge is 2.05. The van der Waals surface area contributed by atoms with E-state index in [-0.39, 0.29) is 0 Å². The van der Waals surface area contributed by atoms with Gasteiger partial charge < -0.3 is 5.73 Å². The molecule has 106 valence electrons. The number of benzene rings is 2. The molecule has 0 aliphatic rings. The molecule has 0 saturated heterocycles. The van der Waals surface area contributed by atoms with Crippen LogP contribution in [0.15, 0.2) is 53.4 Å². The zero-order valence-corrected chi connectivity index (χ0v) is 12.7. The second-order valence-corrected chi connectivity index (χ2v) is 6.58. The highest BCUT2D eigenvalue weighted by molar-refractivity contribution is 7.85. The van der Waals surface area contributed by atoms with E-state index in [4.69, 9.17) is 5.73 Å². The van der Waals surface area contributed by atoms with Crippen LogP contribution in [0.25, 0.3) is 0 Å². The van der Waals surface area contributed by atoms with Crippen LogP contribution < -0.4 is 5.73 Å². The molecule has 0 spiro atoms. The van der Waals surface area contributed by atoms with Gasteiger partial charge in [0, 0.05) is 16.3 Å². The summed E-state index contributed by atoms with van der Waals surface area (Å²) in [6, 6.07) is 16.1. The predicted octanol–water partition coefficient (Wildman–Crippen LogP) is 3.71. The minimum atomic E-state index is -0.915. The van der Waals surface area contributed by atoms with Gasteiger partial charge >= 0.3 is 0 Å². The van der Waals surface area contributed by atoms with E-state index in [0.717, 1.165) is 41.2 Å². The molecule has 2 N–H and O–H groups in total. The summed E-state index contributed by atoms with van der Waals surface area (Å²) in [5.74, 6) is 0.718. The van der Waals surface area contributed by atoms with Crippen molar-refractivity contribution >= 4 is 16.5 Å². The molecule has 1 unspecified atom stereocenters. The van der Waals surface area contributed by atoms with E-state index in [1.54, 1.807) is 0 Å². The Morgan fingerprint density at radius 1 is 1.05 bits per heavy atom. The molecule has 2 rings (SSSR count). The van der Waals surface area contributed by atoms with Crippen molar-refractivity contribution in [3.05, 3.63) is 59.7 Å². The Bertz CT molecular complexity index is 581. The maximum Gasteiger partial charge on any atom is 0.0529 e. The quantitative estimate of drug-likeness (QED) is 0.650. The van der Waals surface area contributed by atoms with Crippen LogP contribution in [0.4, 0.5) is 5.69 Å². The average Bonchev–Trinajstić information content (AvgIpc) is 2.47. The van der Waals surface area contributed by atoms with Crippen LogP contribution >= 0.6 is 0 Å². The molecule has 0 aliphatic heterocycles. The van der Waals surface area contributed by atoms with Crippen molar-refractivity contribution in [2.75, 3.05) is 11.5 Å². The third-order valence-corrected chi connectivity index (χ3v) is 4.83. The van der Waals surface area contributed by atoms with Gasteiger partial charge in [0.25, 0.3) is 0 Å². The van der Waals surface area contributed by atoms with Gasteiger partial charge in [0.2, 0.25) is 0 Å². The number of nitrogen functional groups attached to an aromatic ring is 1. The van der Waals surface area contributed by atoms with Gasteiger partial charge in [-0.2, -0.15) is 0 Å². The first kappa shape index (κ1) is 14.8. The van der Waals surface area contributed by atoms with Gasteiger partial charge in [0.05, 0.1) is 10.8 Å². The summed E-state index contributed by atoms with van der Waals surface area (Å²) in [6.07, 6.45) is 3.10. The highest BCUT2D eigenvalue weighted by Crippen LogP contribution is 2.16. The highest BCUT2D eigenvalue weighted by atomic mass is 32.2. The van der Waals surface area contributed by atoms with Crippen LogP contribution in [0.5, 0.6) is 0 Å². The SMILES string of the molecule is Cc1cc(S(=O)CCCCc2ccccc2)ccc1N. The monoisotopic (exact) mass is 287 g/mol. The molecule has 20 heavy (non-hydrogen) atoms. The summed E-state index contributed by atoms with van der Waals surface area (Å²) in [6.45, 7) is 1.95. The second kappa shape index (κ2) is 7.25. The first-order valence-electron chi connectivity index (χ1n) is 6.95. The van der Waals surface area contributed by atoms with E-state index in [0.29, 0.717) is 0 Å². The summed E-state index contributed by atoms with van der Waals surface area (Å²) in [4.78, 5) is 0.886. The van der Waals surface area contributed by atoms with E-state index >= 15 is 0 Å². The van der Waals surface area contributed by atoms with Crippen LogP contribution in [0.2, 0.25) is 0 Å². The number of nitrogens with two attached hydrogens (primary N) is 1.